The van der Waals surface area contributed by atoms with E-state index in [1.54, 1.807) is 6.08 Å². The molecule has 156 valence electrons. The number of nitrogens with zero attached hydrogens (tertiary/aromatic N) is 1. The van der Waals surface area contributed by atoms with E-state index in [9.17, 15) is 13.6 Å². The van der Waals surface area contributed by atoms with E-state index >= 15 is 0 Å². The average molecular weight is 413 g/mol. The molecule has 1 saturated heterocycles. The van der Waals surface area contributed by atoms with Crippen molar-refractivity contribution in [2.24, 2.45) is 0 Å². The third-order valence-electron chi connectivity index (χ3n) is 4.80. The largest absolute Gasteiger partial charge is 0.350 e. The molecule has 0 saturated carbocycles. The molecule has 1 aliphatic heterocycles. The smallest absolute Gasteiger partial charge is 0.267 e. The maximum Gasteiger partial charge on any atom is 0.267 e. The number of aromatic nitrogens is 2. The lowest BCUT2D eigenvalue weighted by atomic mass is 10.1. The highest BCUT2D eigenvalue weighted by atomic mass is 19.2. The minimum absolute atomic E-state index is 0.00332. The number of benzene rings is 2. The number of hydroxylamine groups is 1. The van der Waals surface area contributed by atoms with Crippen molar-refractivity contribution in [3.05, 3.63) is 71.1 Å². The molecule has 3 aromatic rings. The van der Waals surface area contributed by atoms with E-state index in [-0.39, 0.29) is 11.4 Å². The fourth-order valence-electron chi connectivity index (χ4n) is 3.23. The summed E-state index contributed by atoms with van der Waals surface area (Å²) in [5.74, 6) is -1.70. The summed E-state index contributed by atoms with van der Waals surface area (Å²) in [6, 6.07) is 10.0. The zero-order chi connectivity index (χ0) is 20.9. The summed E-state index contributed by atoms with van der Waals surface area (Å²) in [6.07, 6.45) is 5.89. The number of imidazole rings is 1. The number of hydrogen-bond acceptors (Lipinski definition) is 4. The van der Waals surface area contributed by atoms with Crippen LogP contribution in [0.1, 0.15) is 36.2 Å². The summed E-state index contributed by atoms with van der Waals surface area (Å²) >= 11 is 0. The number of aromatic amines is 1. The fourth-order valence-corrected chi connectivity index (χ4v) is 3.23. The van der Waals surface area contributed by atoms with Gasteiger partial charge in [-0.3, -0.25) is 4.79 Å². The standard InChI is InChI=1S/C22H21F2N3O3/c23-16-9-10-17-22(21(16)24)26-18(25-17)13-15-6-4-14(5-7-15)8-11-19(28)27-30-20-3-1-2-12-29-20/h4-11,20H,1-3,12-13H2,(H,25,26)(H,27,28)/b11-8+. The van der Waals surface area contributed by atoms with Crippen molar-refractivity contribution < 1.29 is 23.1 Å². The maximum atomic E-state index is 13.8. The first kappa shape index (κ1) is 20.2. The summed E-state index contributed by atoms with van der Waals surface area (Å²) in [5.41, 5.74) is 4.59. The molecular weight excluding hydrogens is 392 g/mol. The minimum Gasteiger partial charge on any atom is -0.350 e. The number of amides is 1. The van der Waals surface area contributed by atoms with Crippen molar-refractivity contribution in [3.63, 3.8) is 0 Å². The summed E-state index contributed by atoms with van der Waals surface area (Å²) < 4.78 is 32.5. The second-order valence-electron chi connectivity index (χ2n) is 7.07. The van der Waals surface area contributed by atoms with Gasteiger partial charge in [-0.05, 0) is 42.2 Å². The Hall–Kier alpha value is -3.10. The Morgan fingerprint density at radius 2 is 2.07 bits per heavy atom. The van der Waals surface area contributed by atoms with Gasteiger partial charge in [0.05, 0.1) is 5.52 Å². The Morgan fingerprint density at radius 3 is 2.83 bits per heavy atom. The number of carbonyl (C=O) groups excluding carboxylic acids is 1. The molecule has 1 unspecified atom stereocenters. The van der Waals surface area contributed by atoms with Crippen LogP contribution in [0.25, 0.3) is 17.1 Å². The normalized spacial score (nSPS) is 16.9. The van der Waals surface area contributed by atoms with Crippen LogP contribution in [0, 0.1) is 11.6 Å². The van der Waals surface area contributed by atoms with Gasteiger partial charge in [0.1, 0.15) is 11.3 Å². The number of halogens is 2. The van der Waals surface area contributed by atoms with Crippen LogP contribution in [0.4, 0.5) is 8.78 Å². The van der Waals surface area contributed by atoms with Crippen molar-refractivity contribution in [2.75, 3.05) is 6.61 Å². The Bertz CT molecular complexity index is 1060. The van der Waals surface area contributed by atoms with Gasteiger partial charge in [0, 0.05) is 25.5 Å². The lowest BCUT2D eigenvalue weighted by Gasteiger charge is -2.21. The topological polar surface area (TPSA) is 76.2 Å². The SMILES string of the molecule is O=C(/C=C/c1ccc(Cc2nc3c(F)c(F)ccc3[nH]2)cc1)NOC1CCCCO1. The molecule has 6 nitrogen and oxygen atoms in total. The Kier molecular flexibility index (Phi) is 6.15. The van der Waals surface area contributed by atoms with Crippen LogP contribution in [0.5, 0.6) is 0 Å². The third-order valence-corrected chi connectivity index (χ3v) is 4.80. The van der Waals surface area contributed by atoms with Crippen molar-refractivity contribution in [3.8, 4) is 0 Å². The van der Waals surface area contributed by atoms with Gasteiger partial charge in [0.25, 0.3) is 5.91 Å². The highest BCUT2D eigenvalue weighted by Gasteiger charge is 2.15. The van der Waals surface area contributed by atoms with Gasteiger partial charge >= 0.3 is 0 Å². The summed E-state index contributed by atoms with van der Waals surface area (Å²) in [4.78, 5) is 24.2. The molecular formula is C22H21F2N3O3. The summed E-state index contributed by atoms with van der Waals surface area (Å²) in [6.45, 7) is 0.641. The fraction of sp³-hybridized carbons (Fsp3) is 0.273. The first-order chi connectivity index (χ1) is 14.6. The van der Waals surface area contributed by atoms with E-state index in [1.807, 2.05) is 24.3 Å². The van der Waals surface area contributed by atoms with Crippen molar-refractivity contribution >= 4 is 23.0 Å². The van der Waals surface area contributed by atoms with Gasteiger partial charge in [-0.25, -0.2) is 24.1 Å². The van der Waals surface area contributed by atoms with Crippen LogP contribution < -0.4 is 5.48 Å². The Morgan fingerprint density at radius 1 is 1.23 bits per heavy atom. The van der Waals surface area contributed by atoms with Crippen LogP contribution in [0.15, 0.2) is 42.5 Å². The molecule has 2 N–H and O–H groups in total. The molecule has 4 rings (SSSR count). The Balaban J connectivity index is 1.33. The van der Waals surface area contributed by atoms with Crippen molar-refractivity contribution in [2.45, 2.75) is 32.0 Å². The highest BCUT2D eigenvalue weighted by Crippen LogP contribution is 2.20. The lowest BCUT2D eigenvalue weighted by molar-refractivity contribution is -0.198. The molecule has 1 fully saturated rings. The molecule has 2 heterocycles. The predicted octanol–water partition coefficient (Wildman–Crippen LogP) is 4.02. The van der Waals surface area contributed by atoms with Crippen LogP contribution >= 0.6 is 0 Å². The predicted molar refractivity (Wildman–Crippen MR) is 107 cm³/mol. The molecule has 1 aromatic heterocycles. The number of hydrogen-bond donors (Lipinski definition) is 2. The van der Waals surface area contributed by atoms with Gasteiger partial charge in [0.15, 0.2) is 17.9 Å². The second-order valence-corrected chi connectivity index (χ2v) is 7.07. The van der Waals surface area contributed by atoms with E-state index in [1.165, 1.54) is 12.1 Å². The van der Waals surface area contributed by atoms with Gasteiger partial charge in [-0.1, -0.05) is 24.3 Å². The summed E-state index contributed by atoms with van der Waals surface area (Å²) in [5, 5.41) is 0. The zero-order valence-corrected chi connectivity index (χ0v) is 16.2. The third kappa shape index (κ3) is 4.90. The highest BCUT2D eigenvalue weighted by molar-refractivity contribution is 5.90. The van der Waals surface area contributed by atoms with Gasteiger partial charge in [-0.15, -0.1) is 0 Å². The minimum atomic E-state index is -0.951. The van der Waals surface area contributed by atoms with Crippen LogP contribution in [-0.4, -0.2) is 28.8 Å². The average Bonchev–Trinajstić information content (AvgIpc) is 3.18. The van der Waals surface area contributed by atoms with Crippen LogP contribution in [0.3, 0.4) is 0 Å². The van der Waals surface area contributed by atoms with Crippen LogP contribution in [-0.2, 0) is 20.8 Å². The lowest BCUT2D eigenvalue weighted by Crippen LogP contribution is -2.32. The molecule has 0 bridgehead atoms. The van der Waals surface area contributed by atoms with Crippen molar-refractivity contribution in [1.29, 1.82) is 0 Å². The zero-order valence-electron chi connectivity index (χ0n) is 16.2. The van der Waals surface area contributed by atoms with E-state index in [4.69, 9.17) is 9.57 Å². The van der Waals surface area contributed by atoms with E-state index < -0.39 is 17.9 Å². The number of ether oxygens (including phenoxy) is 1. The molecule has 30 heavy (non-hydrogen) atoms. The first-order valence-electron chi connectivity index (χ1n) is 9.75. The first-order valence-corrected chi connectivity index (χ1v) is 9.75. The molecule has 1 aliphatic rings. The quantitative estimate of drug-likeness (QED) is 0.473. The monoisotopic (exact) mass is 413 g/mol. The number of fused-ring (bicyclic) bond motifs is 1. The van der Waals surface area contributed by atoms with E-state index in [2.05, 4.69) is 15.4 Å². The molecule has 8 heteroatoms. The molecule has 2 aromatic carbocycles. The van der Waals surface area contributed by atoms with Gasteiger partial charge < -0.3 is 9.72 Å². The number of rotatable bonds is 6. The number of H-pyrrole nitrogens is 1. The van der Waals surface area contributed by atoms with E-state index in [0.717, 1.165) is 36.5 Å². The van der Waals surface area contributed by atoms with Crippen LogP contribution in [0.2, 0.25) is 0 Å². The maximum absolute atomic E-state index is 13.8. The second kappa shape index (κ2) is 9.15. The summed E-state index contributed by atoms with van der Waals surface area (Å²) in [7, 11) is 0. The van der Waals surface area contributed by atoms with Crippen molar-refractivity contribution in [1.82, 2.24) is 15.4 Å². The van der Waals surface area contributed by atoms with Gasteiger partial charge in [-0.2, -0.15) is 0 Å². The van der Waals surface area contributed by atoms with E-state index in [0.29, 0.717) is 24.4 Å². The number of carbonyl (C=O) groups is 1. The van der Waals surface area contributed by atoms with Gasteiger partial charge in [0.2, 0.25) is 0 Å². The number of nitrogens with one attached hydrogen (secondary N) is 2. The molecule has 0 radical (unpaired) electrons. The Labute approximate surface area is 171 Å². The molecule has 1 amide bonds. The molecule has 0 aliphatic carbocycles. The molecule has 1 atom stereocenters. The molecule has 0 spiro atoms.